The number of aryl methyl sites for hydroxylation is 1. The number of nitrogens with one attached hydrogen (secondary N) is 1. The molecule has 1 heterocycles. The summed E-state index contributed by atoms with van der Waals surface area (Å²) in [7, 11) is 0. The first-order valence-electron chi connectivity index (χ1n) is 9.86. The predicted molar refractivity (Wildman–Crippen MR) is 101 cm³/mol. The number of hydrogen-bond donors (Lipinski definition) is 1. The third-order valence-corrected chi connectivity index (χ3v) is 6.66. The van der Waals surface area contributed by atoms with Crippen molar-refractivity contribution < 1.29 is 24.2 Å². The molecule has 0 aliphatic heterocycles. The quantitative estimate of drug-likeness (QED) is 0.751. The van der Waals surface area contributed by atoms with Crippen LogP contribution in [0.25, 0.3) is 0 Å². The van der Waals surface area contributed by atoms with Crippen molar-refractivity contribution in [2.75, 3.05) is 11.9 Å². The summed E-state index contributed by atoms with van der Waals surface area (Å²) in [5.41, 5.74) is 1.46. The third-order valence-electron chi connectivity index (χ3n) is 5.45. The van der Waals surface area contributed by atoms with Crippen molar-refractivity contribution >= 4 is 34.2 Å². The van der Waals surface area contributed by atoms with E-state index in [4.69, 9.17) is 4.74 Å². The average Bonchev–Trinajstić information content (AvgIpc) is 3.03. The van der Waals surface area contributed by atoms with Gasteiger partial charge in [-0.25, -0.2) is 4.79 Å². The molecule has 148 valence electrons. The number of ether oxygens (including phenoxy) is 1. The molecular formula is C20H26NO5S-. The number of amides is 1. The molecule has 2 aliphatic carbocycles. The fourth-order valence-electron chi connectivity index (χ4n) is 4.07. The van der Waals surface area contributed by atoms with E-state index >= 15 is 0 Å². The van der Waals surface area contributed by atoms with Crippen LogP contribution in [0, 0.1) is 11.8 Å². The molecule has 1 N–H and O–H groups in total. The standard InChI is InChI=1S/C20H27NO5S/c1-2-11-26-20(25)16-14-9-5-6-10-15(14)27-18(16)21-17(22)12-7-3-4-8-13(12)19(23)24/h12-13H,2-11H2,1H3,(H,21,22)(H,23,24)/p-1/t12-,13-/m1/s1. The molecule has 2 atom stereocenters. The minimum Gasteiger partial charge on any atom is -0.550 e. The summed E-state index contributed by atoms with van der Waals surface area (Å²) in [4.78, 5) is 38.0. The molecule has 0 spiro atoms. The van der Waals surface area contributed by atoms with Crippen LogP contribution in [0.5, 0.6) is 0 Å². The number of fused-ring (bicyclic) bond motifs is 1. The molecule has 0 unspecified atom stereocenters. The van der Waals surface area contributed by atoms with Gasteiger partial charge in [0.15, 0.2) is 0 Å². The van der Waals surface area contributed by atoms with E-state index in [0.717, 1.165) is 55.4 Å². The monoisotopic (exact) mass is 392 g/mol. The Bertz CT molecular complexity index is 726. The van der Waals surface area contributed by atoms with E-state index in [1.54, 1.807) is 0 Å². The van der Waals surface area contributed by atoms with E-state index < -0.39 is 23.8 Å². The van der Waals surface area contributed by atoms with Crippen LogP contribution in [0.15, 0.2) is 0 Å². The van der Waals surface area contributed by atoms with Gasteiger partial charge in [0.25, 0.3) is 0 Å². The van der Waals surface area contributed by atoms with E-state index in [-0.39, 0.29) is 5.91 Å². The summed E-state index contributed by atoms with van der Waals surface area (Å²) in [6, 6.07) is 0. The molecule has 27 heavy (non-hydrogen) atoms. The predicted octanol–water partition coefficient (Wildman–Crippen LogP) is 2.69. The number of esters is 1. The maximum absolute atomic E-state index is 12.8. The lowest BCUT2D eigenvalue weighted by Crippen LogP contribution is -2.42. The topological polar surface area (TPSA) is 95.5 Å². The molecule has 3 rings (SSSR count). The summed E-state index contributed by atoms with van der Waals surface area (Å²) in [6.45, 7) is 2.27. The maximum Gasteiger partial charge on any atom is 0.341 e. The molecule has 0 bridgehead atoms. The average molecular weight is 392 g/mol. The van der Waals surface area contributed by atoms with Crippen molar-refractivity contribution in [1.29, 1.82) is 0 Å². The molecular weight excluding hydrogens is 366 g/mol. The second kappa shape index (κ2) is 8.87. The van der Waals surface area contributed by atoms with Crippen LogP contribution in [-0.4, -0.2) is 24.5 Å². The minimum atomic E-state index is -1.16. The van der Waals surface area contributed by atoms with Crippen LogP contribution < -0.4 is 10.4 Å². The van der Waals surface area contributed by atoms with Gasteiger partial charge in [-0.15, -0.1) is 11.3 Å². The number of carboxylic acids is 1. The second-order valence-electron chi connectivity index (χ2n) is 7.36. The summed E-state index contributed by atoms with van der Waals surface area (Å²) < 4.78 is 5.34. The Balaban J connectivity index is 1.85. The zero-order valence-corrected chi connectivity index (χ0v) is 16.5. The van der Waals surface area contributed by atoms with E-state index in [1.165, 1.54) is 11.3 Å². The summed E-state index contributed by atoms with van der Waals surface area (Å²) in [5, 5.41) is 14.8. The Morgan fingerprint density at radius 3 is 2.52 bits per heavy atom. The SMILES string of the molecule is CCCOC(=O)c1c(NC(=O)[C@@H]2CCCC[C@H]2C(=O)[O-])sc2c1CCCC2. The molecule has 1 saturated carbocycles. The Labute approximate surface area is 163 Å². The Morgan fingerprint density at radius 2 is 1.81 bits per heavy atom. The van der Waals surface area contributed by atoms with Crippen molar-refractivity contribution in [1.82, 2.24) is 0 Å². The zero-order valence-electron chi connectivity index (χ0n) is 15.7. The molecule has 1 aromatic heterocycles. The molecule has 0 saturated heterocycles. The van der Waals surface area contributed by atoms with Crippen LogP contribution >= 0.6 is 11.3 Å². The van der Waals surface area contributed by atoms with Gasteiger partial charge in [0.1, 0.15) is 5.00 Å². The summed E-state index contributed by atoms with van der Waals surface area (Å²) in [6.07, 6.45) is 7.14. The van der Waals surface area contributed by atoms with Crippen LogP contribution in [-0.2, 0) is 27.2 Å². The maximum atomic E-state index is 12.8. The van der Waals surface area contributed by atoms with Gasteiger partial charge >= 0.3 is 5.97 Å². The summed E-state index contributed by atoms with van der Waals surface area (Å²) >= 11 is 1.43. The van der Waals surface area contributed by atoms with E-state index in [9.17, 15) is 19.5 Å². The second-order valence-corrected chi connectivity index (χ2v) is 8.46. The van der Waals surface area contributed by atoms with Crippen LogP contribution in [0.1, 0.15) is 72.7 Å². The lowest BCUT2D eigenvalue weighted by molar-refractivity contribution is -0.313. The van der Waals surface area contributed by atoms with Gasteiger partial charge in [-0.2, -0.15) is 0 Å². The Morgan fingerprint density at radius 1 is 1.11 bits per heavy atom. The molecule has 1 fully saturated rings. The van der Waals surface area contributed by atoms with Gasteiger partial charge in [-0.1, -0.05) is 19.8 Å². The fraction of sp³-hybridized carbons (Fsp3) is 0.650. The van der Waals surface area contributed by atoms with Crippen LogP contribution in [0.4, 0.5) is 5.00 Å². The van der Waals surface area contributed by atoms with Gasteiger partial charge in [-0.3, -0.25) is 4.79 Å². The van der Waals surface area contributed by atoms with E-state index in [0.29, 0.717) is 30.0 Å². The number of carbonyl (C=O) groups excluding carboxylic acids is 3. The summed E-state index contributed by atoms with van der Waals surface area (Å²) in [5.74, 6) is -3.26. The molecule has 1 amide bonds. The number of hydrogen-bond acceptors (Lipinski definition) is 6. The molecule has 7 heteroatoms. The first-order chi connectivity index (χ1) is 13.0. The lowest BCUT2D eigenvalue weighted by Gasteiger charge is -2.31. The smallest absolute Gasteiger partial charge is 0.341 e. The van der Waals surface area contributed by atoms with Gasteiger partial charge in [0, 0.05) is 22.7 Å². The highest BCUT2D eigenvalue weighted by Crippen LogP contribution is 2.39. The number of thiophene rings is 1. The zero-order chi connectivity index (χ0) is 19.4. The van der Waals surface area contributed by atoms with Gasteiger partial charge in [-0.05, 0) is 50.5 Å². The molecule has 2 aliphatic rings. The van der Waals surface area contributed by atoms with Crippen molar-refractivity contribution in [2.24, 2.45) is 11.8 Å². The van der Waals surface area contributed by atoms with Crippen molar-refractivity contribution in [3.8, 4) is 0 Å². The Hall–Kier alpha value is -1.89. The highest BCUT2D eigenvalue weighted by molar-refractivity contribution is 7.17. The van der Waals surface area contributed by atoms with Crippen molar-refractivity contribution in [3.63, 3.8) is 0 Å². The van der Waals surface area contributed by atoms with Crippen molar-refractivity contribution in [3.05, 3.63) is 16.0 Å². The molecule has 0 aromatic carbocycles. The molecule has 6 nitrogen and oxygen atoms in total. The highest BCUT2D eigenvalue weighted by Gasteiger charge is 2.34. The Kier molecular flexibility index (Phi) is 6.52. The fourth-order valence-corrected chi connectivity index (χ4v) is 5.35. The third kappa shape index (κ3) is 4.34. The first-order valence-corrected chi connectivity index (χ1v) is 10.7. The van der Waals surface area contributed by atoms with Crippen LogP contribution in [0.3, 0.4) is 0 Å². The lowest BCUT2D eigenvalue weighted by atomic mass is 9.78. The number of carboxylic acid groups (broad SMARTS) is 1. The molecule has 0 radical (unpaired) electrons. The first kappa shape index (κ1) is 19.9. The number of anilines is 1. The number of aliphatic carboxylic acids is 1. The van der Waals surface area contributed by atoms with E-state index in [1.807, 2.05) is 6.92 Å². The number of rotatable bonds is 6. The molecule has 1 aromatic rings. The largest absolute Gasteiger partial charge is 0.550 e. The highest BCUT2D eigenvalue weighted by atomic mass is 32.1. The van der Waals surface area contributed by atoms with E-state index in [2.05, 4.69) is 5.32 Å². The normalized spacial score (nSPS) is 22.0. The van der Waals surface area contributed by atoms with Crippen molar-refractivity contribution in [2.45, 2.75) is 64.7 Å². The minimum absolute atomic E-state index is 0.327. The van der Waals surface area contributed by atoms with Crippen LogP contribution in [0.2, 0.25) is 0 Å². The van der Waals surface area contributed by atoms with Gasteiger partial charge < -0.3 is 20.0 Å². The number of carbonyl (C=O) groups is 3. The van der Waals surface area contributed by atoms with Gasteiger partial charge in [0.05, 0.1) is 12.2 Å². The van der Waals surface area contributed by atoms with Gasteiger partial charge in [0.2, 0.25) is 5.91 Å².